The van der Waals surface area contributed by atoms with Crippen molar-refractivity contribution >= 4 is 11.4 Å². The summed E-state index contributed by atoms with van der Waals surface area (Å²) in [6.07, 6.45) is 3.99. The summed E-state index contributed by atoms with van der Waals surface area (Å²) in [5.41, 5.74) is 15.3. The average molecular weight is 201 g/mol. The molecule has 0 atom stereocenters. The third kappa shape index (κ3) is 1.81. The van der Waals surface area contributed by atoms with Gasteiger partial charge in [0.2, 0.25) is 0 Å². The van der Waals surface area contributed by atoms with Crippen molar-refractivity contribution in [3.8, 4) is 11.1 Å². The van der Waals surface area contributed by atoms with E-state index < -0.39 is 0 Å². The molecular weight excluding hydrogens is 186 g/mol. The molecule has 0 fully saturated rings. The molecule has 0 saturated heterocycles. The smallest absolute Gasteiger partial charge is 0.0573 e. The fourth-order valence-corrected chi connectivity index (χ4v) is 1.66. The van der Waals surface area contributed by atoms with Crippen LogP contribution < -0.4 is 11.5 Å². The van der Waals surface area contributed by atoms with Crippen molar-refractivity contribution in [1.29, 1.82) is 0 Å². The van der Waals surface area contributed by atoms with E-state index in [1.54, 1.807) is 0 Å². The van der Waals surface area contributed by atoms with Crippen LogP contribution in [0.4, 0.5) is 11.4 Å². The summed E-state index contributed by atoms with van der Waals surface area (Å²) in [6, 6.07) is 7.76. The Kier molecular flexibility index (Phi) is 2.37. The number of rotatable bonds is 2. The highest BCUT2D eigenvalue weighted by Gasteiger charge is 2.05. The molecule has 0 radical (unpaired) electrons. The van der Waals surface area contributed by atoms with Crippen LogP contribution in [0.5, 0.6) is 0 Å². The Bertz CT molecular complexity index is 471. The Morgan fingerprint density at radius 2 is 2.00 bits per heavy atom. The van der Waals surface area contributed by atoms with Crippen LogP contribution in [0.1, 0.15) is 6.92 Å². The summed E-state index contributed by atoms with van der Waals surface area (Å²) in [6.45, 7) is 3.01. The number of nitrogen functional groups attached to an aromatic ring is 2. The Balaban J connectivity index is 2.48. The van der Waals surface area contributed by atoms with E-state index in [4.69, 9.17) is 11.5 Å². The van der Waals surface area contributed by atoms with Crippen molar-refractivity contribution in [3.63, 3.8) is 0 Å². The van der Waals surface area contributed by atoms with E-state index in [1.165, 1.54) is 0 Å². The van der Waals surface area contributed by atoms with Crippen molar-refractivity contribution in [1.82, 2.24) is 4.57 Å². The Morgan fingerprint density at radius 3 is 2.60 bits per heavy atom. The van der Waals surface area contributed by atoms with Crippen molar-refractivity contribution < 1.29 is 0 Å². The maximum absolute atomic E-state index is 5.94. The molecule has 78 valence electrons. The van der Waals surface area contributed by atoms with Gasteiger partial charge in [-0.15, -0.1) is 0 Å². The number of nitrogens with zero attached hydrogens (tertiary/aromatic N) is 1. The Hall–Kier alpha value is -1.90. The van der Waals surface area contributed by atoms with Gasteiger partial charge in [0.05, 0.1) is 5.69 Å². The second kappa shape index (κ2) is 3.69. The summed E-state index contributed by atoms with van der Waals surface area (Å²) in [5.74, 6) is 0. The fourth-order valence-electron chi connectivity index (χ4n) is 1.66. The normalized spacial score (nSPS) is 10.5. The number of anilines is 2. The van der Waals surface area contributed by atoms with Gasteiger partial charge in [-0.05, 0) is 24.6 Å². The Labute approximate surface area is 89.3 Å². The van der Waals surface area contributed by atoms with Gasteiger partial charge in [0.25, 0.3) is 0 Å². The molecule has 0 amide bonds. The van der Waals surface area contributed by atoms with E-state index in [1.807, 2.05) is 36.7 Å². The first-order valence-corrected chi connectivity index (χ1v) is 5.02. The lowest BCUT2D eigenvalue weighted by Gasteiger charge is -2.00. The highest BCUT2D eigenvalue weighted by molar-refractivity contribution is 5.77. The molecule has 2 rings (SSSR count). The van der Waals surface area contributed by atoms with E-state index in [0.29, 0.717) is 0 Å². The quantitative estimate of drug-likeness (QED) is 0.733. The van der Waals surface area contributed by atoms with Crippen LogP contribution in [-0.4, -0.2) is 4.57 Å². The molecule has 0 aliphatic carbocycles. The number of aromatic nitrogens is 1. The van der Waals surface area contributed by atoms with Gasteiger partial charge in [0, 0.05) is 30.2 Å². The van der Waals surface area contributed by atoms with Gasteiger partial charge in [0.1, 0.15) is 0 Å². The zero-order valence-corrected chi connectivity index (χ0v) is 8.77. The summed E-state index contributed by atoms with van der Waals surface area (Å²) in [5, 5.41) is 0. The molecule has 3 heteroatoms. The topological polar surface area (TPSA) is 57.0 Å². The summed E-state index contributed by atoms with van der Waals surface area (Å²) >= 11 is 0. The predicted molar refractivity (Wildman–Crippen MR) is 64.4 cm³/mol. The first kappa shape index (κ1) is 9.65. The molecule has 0 aliphatic rings. The molecule has 0 unspecified atom stereocenters. The summed E-state index contributed by atoms with van der Waals surface area (Å²) in [7, 11) is 0. The average Bonchev–Trinajstić information content (AvgIpc) is 2.60. The van der Waals surface area contributed by atoms with Gasteiger partial charge >= 0.3 is 0 Å². The van der Waals surface area contributed by atoms with Crippen LogP contribution >= 0.6 is 0 Å². The standard InChI is InChI=1S/C12H15N3/c1-2-15-7-11(12(14)8-15)9-4-3-5-10(13)6-9/h3-8H,2,13-14H2,1H3. The highest BCUT2D eigenvalue weighted by atomic mass is 14.9. The molecule has 2 aromatic rings. The van der Waals surface area contributed by atoms with E-state index >= 15 is 0 Å². The third-order valence-electron chi connectivity index (χ3n) is 2.47. The number of hydrogen-bond donors (Lipinski definition) is 2. The van der Waals surface area contributed by atoms with E-state index in [2.05, 4.69) is 11.5 Å². The molecule has 0 bridgehead atoms. The lowest BCUT2D eigenvalue weighted by molar-refractivity contribution is 0.770. The second-order valence-electron chi connectivity index (χ2n) is 3.58. The SMILES string of the molecule is CCn1cc(N)c(-c2cccc(N)c2)c1. The van der Waals surface area contributed by atoms with E-state index in [9.17, 15) is 0 Å². The summed E-state index contributed by atoms with van der Waals surface area (Å²) in [4.78, 5) is 0. The maximum Gasteiger partial charge on any atom is 0.0573 e. The molecule has 0 spiro atoms. The molecule has 1 aromatic heterocycles. The number of benzene rings is 1. The Morgan fingerprint density at radius 1 is 1.20 bits per heavy atom. The number of nitrogens with two attached hydrogens (primary N) is 2. The minimum Gasteiger partial charge on any atom is -0.399 e. The molecule has 3 nitrogen and oxygen atoms in total. The van der Waals surface area contributed by atoms with Crippen LogP contribution in [0.25, 0.3) is 11.1 Å². The second-order valence-corrected chi connectivity index (χ2v) is 3.58. The summed E-state index contributed by atoms with van der Waals surface area (Å²) < 4.78 is 2.06. The molecule has 0 saturated carbocycles. The van der Waals surface area contributed by atoms with Crippen LogP contribution in [0, 0.1) is 0 Å². The van der Waals surface area contributed by atoms with Crippen molar-refractivity contribution in [2.75, 3.05) is 11.5 Å². The monoisotopic (exact) mass is 201 g/mol. The highest BCUT2D eigenvalue weighted by Crippen LogP contribution is 2.27. The molecular formula is C12H15N3. The third-order valence-corrected chi connectivity index (χ3v) is 2.47. The van der Waals surface area contributed by atoms with E-state index in [-0.39, 0.29) is 0 Å². The van der Waals surface area contributed by atoms with E-state index in [0.717, 1.165) is 29.0 Å². The van der Waals surface area contributed by atoms with Gasteiger partial charge in [-0.3, -0.25) is 0 Å². The van der Waals surface area contributed by atoms with Crippen molar-refractivity contribution in [2.24, 2.45) is 0 Å². The van der Waals surface area contributed by atoms with Gasteiger partial charge in [0.15, 0.2) is 0 Å². The van der Waals surface area contributed by atoms with Gasteiger partial charge in [-0.1, -0.05) is 12.1 Å². The molecule has 1 aromatic carbocycles. The zero-order valence-electron chi connectivity index (χ0n) is 8.77. The maximum atomic E-state index is 5.94. The van der Waals surface area contributed by atoms with Crippen LogP contribution in [0.3, 0.4) is 0 Å². The van der Waals surface area contributed by atoms with Crippen LogP contribution in [-0.2, 0) is 6.54 Å². The zero-order chi connectivity index (χ0) is 10.8. The largest absolute Gasteiger partial charge is 0.399 e. The minimum atomic E-state index is 0.760. The molecule has 1 heterocycles. The lowest BCUT2D eigenvalue weighted by atomic mass is 10.1. The molecule has 0 aliphatic heterocycles. The van der Waals surface area contributed by atoms with Gasteiger partial charge < -0.3 is 16.0 Å². The number of hydrogen-bond acceptors (Lipinski definition) is 2. The van der Waals surface area contributed by atoms with Crippen molar-refractivity contribution in [2.45, 2.75) is 13.5 Å². The van der Waals surface area contributed by atoms with Crippen LogP contribution in [0.15, 0.2) is 36.7 Å². The van der Waals surface area contributed by atoms with Crippen LogP contribution in [0.2, 0.25) is 0 Å². The van der Waals surface area contributed by atoms with Crippen molar-refractivity contribution in [3.05, 3.63) is 36.7 Å². The molecule has 4 N–H and O–H groups in total. The van der Waals surface area contributed by atoms with Gasteiger partial charge in [-0.2, -0.15) is 0 Å². The first-order chi connectivity index (χ1) is 7.20. The lowest BCUT2D eigenvalue weighted by Crippen LogP contribution is -1.87. The predicted octanol–water partition coefficient (Wildman–Crippen LogP) is 2.34. The molecule has 15 heavy (non-hydrogen) atoms. The van der Waals surface area contributed by atoms with Gasteiger partial charge in [-0.25, -0.2) is 0 Å². The minimum absolute atomic E-state index is 0.760. The number of aryl methyl sites for hydroxylation is 1. The fraction of sp³-hybridized carbons (Fsp3) is 0.167. The first-order valence-electron chi connectivity index (χ1n) is 5.02.